The van der Waals surface area contributed by atoms with E-state index >= 15 is 0 Å². The fourth-order valence-corrected chi connectivity index (χ4v) is 4.98. The quantitative estimate of drug-likeness (QED) is 0.346. The Hall–Kier alpha value is -2.96. The SMILES string of the molecule is Cc1cccc(C(=O)N2CCCC2)c1-c1ccc2nc(NC(C)(C)C)c(C(O)CCCCO)cc2c1. The van der Waals surface area contributed by atoms with E-state index in [-0.39, 0.29) is 18.1 Å². The number of fused-ring (bicyclic) bond motifs is 1. The van der Waals surface area contributed by atoms with Crippen molar-refractivity contribution >= 4 is 22.6 Å². The lowest BCUT2D eigenvalue weighted by atomic mass is 9.92. The number of rotatable bonds is 8. The number of nitrogens with one attached hydrogen (secondary N) is 1. The molecule has 6 nitrogen and oxygen atoms in total. The van der Waals surface area contributed by atoms with Crippen LogP contribution in [0.2, 0.25) is 0 Å². The summed E-state index contributed by atoms with van der Waals surface area (Å²) in [5.74, 6) is 0.772. The minimum atomic E-state index is -0.687. The van der Waals surface area contributed by atoms with Crippen molar-refractivity contribution in [2.75, 3.05) is 25.0 Å². The van der Waals surface area contributed by atoms with Gasteiger partial charge in [0.15, 0.2) is 0 Å². The van der Waals surface area contributed by atoms with Gasteiger partial charge in [0, 0.05) is 41.7 Å². The number of unbranched alkanes of at least 4 members (excludes halogenated alkanes) is 1. The van der Waals surface area contributed by atoms with Gasteiger partial charge < -0.3 is 20.4 Å². The number of carbonyl (C=O) groups is 1. The summed E-state index contributed by atoms with van der Waals surface area (Å²) in [5, 5.41) is 24.6. The van der Waals surface area contributed by atoms with Crippen molar-refractivity contribution in [2.45, 2.75) is 71.4 Å². The second kappa shape index (κ2) is 11.0. The molecule has 3 N–H and O–H groups in total. The number of benzene rings is 2. The van der Waals surface area contributed by atoms with E-state index in [4.69, 9.17) is 10.1 Å². The van der Waals surface area contributed by atoms with Crippen LogP contribution in [-0.2, 0) is 0 Å². The topological polar surface area (TPSA) is 85.7 Å². The molecule has 192 valence electrons. The minimum Gasteiger partial charge on any atom is -0.396 e. The van der Waals surface area contributed by atoms with Gasteiger partial charge in [-0.1, -0.05) is 18.2 Å². The Morgan fingerprint density at radius 3 is 2.56 bits per heavy atom. The number of aromatic nitrogens is 1. The molecule has 1 aromatic heterocycles. The third-order valence-electron chi connectivity index (χ3n) is 6.77. The summed E-state index contributed by atoms with van der Waals surface area (Å²) in [6, 6.07) is 14.1. The first-order valence-corrected chi connectivity index (χ1v) is 13.1. The molecule has 4 rings (SSSR count). The highest BCUT2D eigenvalue weighted by molar-refractivity contribution is 6.02. The number of aliphatic hydroxyl groups excluding tert-OH is 2. The molecule has 0 spiro atoms. The van der Waals surface area contributed by atoms with Crippen LogP contribution in [-0.4, -0.2) is 51.2 Å². The number of likely N-dealkylation sites (tertiary alicyclic amines) is 1. The summed E-state index contributed by atoms with van der Waals surface area (Å²) in [6.45, 7) is 10.0. The Balaban J connectivity index is 1.79. The van der Waals surface area contributed by atoms with Gasteiger partial charge in [-0.3, -0.25) is 4.79 Å². The molecule has 1 saturated heterocycles. The molecule has 1 unspecified atom stereocenters. The molecule has 1 aliphatic heterocycles. The number of nitrogens with zero attached hydrogens (tertiary/aromatic N) is 2. The van der Waals surface area contributed by atoms with Crippen LogP contribution in [0.4, 0.5) is 5.82 Å². The van der Waals surface area contributed by atoms with Crippen molar-refractivity contribution in [3.63, 3.8) is 0 Å². The zero-order valence-corrected chi connectivity index (χ0v) is 22.0. The Labute approximate surface area is 214 Å². The fraction of sp³-hybridized carbons (Fsp3) is 0.467. The van der Waals surface area contributed by atoms with Crippen LogP contribution in [0.1, 0.15) is 80.5 Å². The van der Waals surface area contributed by atoms with E-state index < -0.39 is 6.10 Å². The van der Waals surface area contributed by atoms with Gasteiger partial charge >= 0.3 is 0 Å². The molecule has 1 fully saturated rings. The van der Waals surface area contributed by atoms with Crippen molar-refractivity contribution in [1.29, 1.82) is 0 Å². The third-order valence-corrected chi connectivity index (χ3v) is 6.77. The van der Waals surface area contributed by atoms with Gasteiger partial charge in [0.2, 0.25) is 0 Å². The van der Waals surface area contributed by atoms with E-state index in [0.29, 0.717) is 18.7 Å². The van der Waals surface area contributed by atoms with Crippen LogP contribution in [0, 0.1) is 6.92 Å². The Morgan fingerprint density at radius 2 is 1.86 bits per heavy atom. The number of hydrogen-bond donors (Lipinski definition) is 3. The Bertz CT molecular complexity index is 1230. The normalized spacial score (nSPS) is 14.9. The van der Waals surface area contributed by atoms with Crippen LogP contribution in [0.15, 0.2) is 42.5 Å². The number of carbonyl (C=O) groups excluding carboxylic acids is 1. The molecule has 0 saturated carbocycles. The van der Waals surface area contributed by atoms with Crippen molar-refractivity contribution in [1.82, 2.24) is 9.88 Å². The lowest BCUT2D eigenvalue weighted by Crippen LogP contribution is -2.28. The molecule has 0 radical (unpaired) electrons. The van der Waals surface area contributed by atoms with Crippen LogP contribution in [0.25, 0.3) is 22.0 Å². The first-order valence-electron chi connectivity index (χ1n) is 13.1. The summed E-state index contributed by atoms with van der Waals surface area (Å²) in [6.07, 6.45) is 3.37. The van der Waals surface area contributed by atoms with E-state index in [1.165, 1.54) is 0 Å². The molecular formula is C30H39N3O3. The Kier molecular flexibility index (Phi) is 7.96. The summed E-state index contributed by atoms with van der Waals surface area (Å²) in [7, 11) is 0. The molecule has 3 aromatic rings. The van der Waals surface area contributed by atoms with Crippen molar-refractivity contribution in [3.8, 4) is 11.1 Å². The minimum absolute atomic E-state index is 0.0918. The predicted molar refractivity (Wildman–Crippen MR) is 146 cm³/mol. The van der Waals surface area contributed by atoms with Crippen LogP contribution in [0.5, 0.6) is 0 Å². The summed E-state index contributed by atoms with van der Waals surface area (Å²) in [5.41, 5.74) is 5.10. The fourth-order valence-electron chi connectivity index (χ4n) is 4.98. The molecular weight excluding hydrogens is 450 g/mol. The lowest BCUT2D eigenvalue weighted by Gasteiger charge is -2.25. The number of anilines is 1. The van der Waals surface area contributed by atoms with Crippen molar-refractivity contribution in [2.24, 2.45) is 0 Å². The maximum Gasteiger partial charge on any atom is 0.254 e. The maximum absolute atomic E-state index is 13.4. The monoisotopic (exact) mass is 489 g/mol. The smallest absolute Gasteiger partial charge is 0.254 e. The standard InChI is InChI=1S/C30H39N3O3/c1-20-10-9-11-23(29(36)33-15-6-7-16-33)27(20)21-13-14-25-22(18-21)19-24(26(35)12-5-8-17-34)28(31-25)32-30(2,3)4/h9-11,13-14,18-19,26,34-35H,5-8,12,15-17H2,1-4H3,(H,31,32). The number of amides is 1. The highest BCUT2D eigenvalue weighted by Crippen LogP contribution is 2.35. The van der Waals surface area contributed by atoms with Crippen molar-refractivity contribution < 1.29 is 15.0 Å². The molecule has 36 heavy (non-hydrogen) atoms. The second-order valence-corrected chi connectivity index (χ2v) is 10.9. The number of hydrogen-bond acceptors (Lipinski definition) is 5. The molecule has 0 bridgehead atoms. The molecule has 1 aliphatic rings. The molecule has 1 amide bonds. The molecule has 2 aromatic carbocycles. The third kappa shape index (κ3) is 5.88. The van der Waals surface area contributed by atoms with Crippen molar-refractivity contribution in [3.05, 3.63) is 59.2 Å². The Morgan fingerprint density at radius 1 is 1.11 bits per heavy atom. The van der Waals surface area contributed by atoms with Gasteiger partial charge in [-0.25, -0.2) is 4.98 Å². The van der Waals surface area contributed by atoms with Gasteiger partial charge in [0.05, 0.1) is 11.6 Å². The second-order valence-electron chi connectivity index (χ2n) is 10.9. The first-order chi connectivity index (χ1) is 17.2. The van der Waals surface area contributed by atoms with Gasteiger partial charge in [0.1, 0.15) is 5.82 Å². The number of pyridine rings is 1. The van der Waals surface area contributed by atoms with E-state index in [1.54, 1.807) is 0 Å². The van der Waals surface area contributed by atoms with Crippen LogP contribution >= 0.6 is 0 Å². The molecule has 0 aliphatic carbocycles. The van der Waals surface area contributed by atoms with Crippen LogP contribution in [0.3, 0.4) is 0 Å². The maximum atomic E-state index is 13.4. The predicted octanol–water partition coefficient (Wildman–Crippen LogP) is 5.85. The van der Waals surface area contributed by atoms with Crippen LogP contribution < -0.4 is 5.32 Å². The lowest BCUT2D eigenvalue weighted by molar-refractivity contribution is 0.0793. The van der Waals surface area contributed by atoms with Gasteiger partial charge in [-0.05, 0) is 101 Å². The number of aliphatic hydroxyl groups is 2. The molecule has 6 heteroatoms. The molecule has 2 heterocycles. The van der Waals surface area contributed by atoms with E-state index in [1.807, 2.05) is 48.2 Å². The van der Waals surface area contributed by atoms with E-state index in [9.17, 15) is 9.90 Å². The summed E-state index contributed by atoms with van der Waals surface area (Å²) in [4.78, 5) is 20.2. The highest BCUT2D eigenvalue weighted by atomic mass is 16.3. The average Bonchev–Trinajstić information content (AvgIpc) is 3.37. The summed E-state index contributed by atoms with van der Waals surface area (Å²) < 4.78 is 0. The van der Waals surface area contributed by atoms with Gasteiger partial charge in [-0.2, -0.15) is 0 Å². The zero-order chi connectivity index (χ0) is 25.9. The van der Waals surface area contributed by atoms with Gasteiger partial charge in [0.25, 0.3) is 5.91 Å². The molecule has 1 atom stereocenters. The zero-order valence-electron chi connectivity index (χ0n) is 22.0. The van der Waals surface area contributed by atoms with E-state index in [2.05, 4.69) is 32.2 Å². The highest BCUT2D eigenvalue weighted by Gasteiger charge is 2.24. The largest absolute Gasteiger partial charge is 0.396 e. The average molecular weight is 490 g/mol. The number of aryl methyl sites for hydroxylation is 1. The first kappa shape index (κ1) is 26.1. The van der Waals surface area contributed by atoms with Gasteiger partial charge in [-0.15, -0.1) is 0 Å². The summed E-state index contributed by atoms with van der Waals surface area (Å²) >= 11 is 0. The van der Waals surface area contributed by atoms with E-state index in [0.717, 1.165) is 71.1 Å².